The van der Waals surface area contributed by atoms with Crippen LogP contribution in [-0.2, 0) is 9.47 Å². The van der Waals surface area contributed by atoms with Crippen LogP contribution in [0, 0.1) is 0 Å². The molecule has 0 aliphatic rings. The van der Waals surface area contributed by atoms with Crippen LogP contribution in [0.25, 0.3) is 0 Å². The fourth-order valence-electron chi connectivity index (χ4n) is 0.595. The lowest BCUT2D eigenvalue weighted by molar-refractivity contribution is 0.128. The summed E-state index contributed by atoms with van der Waals surface area (Å²) in [6, 6.07) is 0. The van der Waals surface area contributed by atoms with Crippen molar-refractivity contribution in [1.82, 2.24) is 10.6 Å². The maximum atomic E-state index is 5.07. The molecule has 0 heterocycles. The van der Waals surface area contributed by atoms with Gasteiger partial charge >= 0.3 is 0 Å². The lowest BCUT2D eigenvalue weighted by Gasteiger charge is -2.19. The normalized spacial score (nSPS) is 16.4. The fraction of sp³-hybridized carbons (Fsp3) is 1.00. The van der Waals surface area contributed by atoms with Crippen molar-refractivity contribution in [3.8, 4) is 0 Å². The van der Waals surface area contributed by atoms with Gasteiger partial charge in [0.2, 0.25) is 0 Å². The summed E-state index contributed by atoms with van der Waals surface area (Å²) in [6.07, 6.45) is 0. The summed E-state index contributed by atoms with van der Waals surface area (Å²) >= 11 is 1.52. The van der Waals surface area contributed by atoms with Gasteiger partial charge in [-0.15, -0.1) is 0 Å². The highest BCUT2D eigenvalue weighted by atomic mass is 32.2. The van der Waals surface area contributed by atoms with E-state index in [4.69, 9.17) is 9.47 Å². The molecule has 0 aromatic rings. The van der Waals surface area contributed by atoms with Gasteiger partial charge in [-0.25, -0.2) is 0 Å². The molecule has 0 saturated carbocycles. The molecule has 0 rings (SSSR count). The van der Waals surface area contributed by atoms with Crippen molar-refractivity contribution < 1.29 is 9.47 Å². The van der Waals surface area contributed by atoms with E-state index in [1.54, 1.807) is 14.2 Å². The molecular formula is C6H16N2O2S. The summed E-state index contributed by atoms with van der Waals surface area (Å²) in [7, 11) is 6.97. The van der Waals surface area contributed by atoms with Gasteiger partial charge in [-0.2, -0.15) is 0 Å². The molecule has 0 spiro atoms. The van der Waals surface area contributed by atoms with Crippen molar-refractivity contribution in [3.05, 3.63) is 0 Å². The van der Waals surface area contributed by atoms with E-state index >= 15 is 0 Å². The largest absolute Gasteiger partial charge is 0.357 e. The smallest absolute Gasteiger partial charge is 0.159 e. The van der Waals surface area contributed by atoms with Crippen LogP contribution in [0.2, 0.25) is 0 Å². The maximum Gasteiger partial charge on any atom is 0.159 e. The third-order valence-corrected chi connectivity index (χ3v) is 2.50. The molecule has 2 N–H and O–H groups in total. The van der Waals surface area contributed by atoms with Gasteiger partial charge in [-0.1, -0.05) is 11.8 Å². The molecule has 68 valence electrons. The number of hydrogen-bond acceptors (Lipinski definition) is 5. The molecule has 0 aromatic heterocycles. The summed E-state index contributed by atoms with van der Waals surface area (Å²) < 4.78 is 10.1. The molecule has 11 heavy (non-hydrogen) atoms. The van der Waals surface area contributed by atoms with Gasteiger partial charge < -0.3 is 9.47 Å². The van der Waals surface area contributed by atoms with Crippen molar-refractivity contribution in [3.63, 3.8) is 0 Å². The second-order valence-corrected chi connectivity index (χ2v) is 2.98. The topological polar surface area (TPSA) is 42.5 Å². The highest BCUT2D eigenvalue weighted by Crippen LogP contribution is 2.13. The molecule has 5 heteroatoms. The third-order valence-electron chi connectivity index (χ3n) is 1.15. The summed E-state index contributed by atoms with van der Waals surface area (Å²) in [5.74, 6) is 0. The first-order valence-corrected chi connectivity index (χ1v) is 4.28. The molecule has 0 aliphatic heterocycles. The summed E-state index contributed by atoms with van der Waals surface area (Å²) in [6.45, 7) is 0. The molecule has 2 atom stereocenters. The third kappa shape index (κ3) is 4.60. The Balaban J connectivity index is 3.58. The predicted octanol–water partition coefficient (Wildman–Crippen LogP) is 0.0184. The van der Waals surface area contributed by atoms with Crippen LogP contribution < -0.4 is 10.6 Å². The minimum absolute atomic E-state index is 0.0348. The van der Waals surface area contributed by atoms with Crippen LogP contribution in [0.5, 0.6) is 0 Å². The van der Waals surface area contributed by atoms with Crippen LogP contribution in [0.1, 0.15) is 0 Å². The SMILES string of the molecule is CNC(OC)SC(NC)OC. The average Bonchev–Trinajstić information content (AvgIpc) is 2.07. The molecule has 0 fully saturated rings. The second kappa shape index (κ2) is 6.87. The molecule has 0 saturated heterocycles. The van der Waals surface area contributed by atoms with E-state index in [1.165, 1.54) is 11.8 Å². The van der Waals surface area contributed by atoms with E-state index in [-0.39, 0.29) is 11.1 Å². The zero-order chi connectivity index (χ0) is 8.69. The minimum atomic E-state index is -0.0348. The number of thioether (sulfide) groups is 1. The molecule has 0 amide bonds. The Morgan fingerprint density at radius 3 is 1.55 bits per heavy atom. The standard InChI is InChI=1S/C6H16N2O2S/c1-7-5(9-3)11-6(8-2)10-4/h5-8H,1-4H3. The lowest BCUT2D eigenvalue weighted by atomic mass is 11.1. The first-order valence-electron chi connectivity index (χ1n) is 3.34. The number of rotatable bonds is 6. The highest BCUT2D eigenvalue weighted by Gasteiger charge is 2.11. The number of hydrogen-bond donors (Lipinski definition) is 2. The zero-order valence-electron chi connectivity index (χ0n) is 7.38. The van der Waals surface area contributed by atoms with E-state index in [0.717, 1.165) is 0 Å². The monoisotopic (exact) mass is 180 g/mol. The van der Waals surface area contributed by atoms with E-state index in [9.17, 15) is 0 Å². The molecule has 0 bridgehead atoms. The van der Waals surface area contributed by atoms with Gasteiger partial charge in [-0.05, 0) is 14.1 Å². The van der Waals surface area contributed by atoms with Crippen molar-refractivity contribution in [1.29, 1.82) is 0 Å². The Morgan fingerprint density at radius 2 is 1.36 bits per heavy atom. The van der Waals surface area contributed by atoms with Crippen LogP contribution in [0.3, 0.4) is 0 Å². The van der Waals surface area contributed by atoms with E-state index in [2.05, 4.69) is 10.6 Å². The molecular weight excluding hydrogens is 164 g/mol. The molecule has 2 unspecified atom stereocenters. The Labute approximate surface area is 72.0 Å². The van der Waals surface area contributed by atoms with Crippen molar-refractivity contribution in [2.45, 2.75) is 11.1 Å². The molecule has 0 radical (unpaired) electrons. The van der Waals surface area contributed by atoms with Crippen molar-refractivity contribution >= 4 is 11.8 Å². The Hall–Kier alpha value is 0.190. The Morgan fingerprint density at radius 1 is 1.00 bits per heavy atom. The second-order valence-electron chi connectivity index (χ2n) is 1.85. The Kier molecular flexibility index (Phi) is 6.99. The zero-order valence-corrected chi connectivity index (χ0v) is 8.20. The lowest BCUT2D eigenvalue weighted by Crippen LogP contribution is -2.32. The number of nitrogens with one attached hydrogen (secondary N) is 2. The van der Waals surface area contributed by atoms with Gasteiger partial charge in [0.15, 0.2) is 11.1 Å². The first-order chi connectivity index (χ1) is 5.28. The summed E-state index contributed by atoms with van der Waals surface area (Å²) in [4.78, 5) is 0. The fourth-order valence-corrected chi connectivity index (χ4v) is 1.31. The molecule has 4 nitrogen and oxygen atoms in total. The van der Waals surface area contributed by atoms with E-state index in [1.807, 2.05) is 14.1 Å². The highest BCUT2D eigenvalue weighted by molar-refractivity contribution is 8.00. The summed E-state index contributed by atoms with van der Waals surface area (Å²) in [5.41, 5.74) is -0.0696. The first kappa shape index (κ1) is 11.2. The van der Waals surface area contributed by atoms with Crippen molar-refractivity contribution in [2.24, 2.45) is 0 Å². The number of ether oxygens (including phenoxy) is 2. The molecule has 0 aliphatic carbocycles. The maximum absolute atomic E-state index is 5.07. The van der Waals surface area contributed by atoms with Gasteiger partial charge in [0.05, 0.1) is 0 Å². The van der Waals surface area contributed by atoms with Gasteiger partial charge in [-0.3, -0.25) is 10.6 Å². The minimum Gasteiger partial charge on any atom is -0.357 e. The molecule has 0 aromatic carbocycles. The number of methoxy groups -OCH3 is 2. The van der Waals surface area contributed by atoms with Crippen LogP contribution in [0.15, 0.2) is 0 Å². The quantitative estimate of drug-likeness (QED) is 0.564. The summed E-state index contributed by atoms with van der Waals surface area (Å²) in [5, 5.41) is 5.94. The van der Waals surface area contributed by atoms with E-state index in [0.29, 0.717) is 0 Å². The van der Waals surface area contributed by atoms with Crippen LogP contribution in [0.4, 0.5) is 0 Å². The van der Waals surface area contributed by atoms with E-state index < -0.39 is 0 Å². The van der Waals surface area contributed by atoms with Gasteiger partial charge in [0.1, 0.15) is 0 Å². The Bertz CT molecular complexity index is 76.7. The van der Waals surface area contributed by atoms with Crippen LogP contribution in [-0.4, -0.2) is 39.4 Å². The average molecular weight is 180 g/mol. The van der Waals surface area contributed by atoms with Crippen LogP contribution >= 0.6 is 11.8 Å². The van der Waals surface area contributed by atoms with Gasteiger partial charge in [0, 0.05) is 14.2 Å². The van der Waals surface area contributed by atoms with Crippen molar-refractivity contribution in [2.75, 3.05) is 28.3 Å². The predicted molar refractivity (Wildman–Crippen MR) is 47.3 cm³/mol. The van der Waals surface area contributed by atoms with Gasteiger partial charge in [0.25, 0.3) is 0 Å².